The molecule has 0 spiro atoms. The summed E-state index contributed by atoms with van der Waals surface area (Å²) in [5.74, 6) is 0.735. The maximum Gasteiger partial charge on any atom is 0.272 e. The third-order valence-corrected chi connectivity index (χ3v) is 4.16. The Morgan fingerprint density at radius 3 is 2.29 bits per heavy atom. The average Bonchev–Trinajstić information content (AvgIpc) is 2.63. The van der Waals surface area contributed by atoms with Crippen LogP contribution in [-0.4, -0.2) is 30.8 Å². The van der Waals surface area contributed by atoms with Crippen LogP contribution < -0.4 is 4.74 Å². The van der Waals surface area contributed by atoms with E-state index in [4.69, 9.17) is 14.2 Å². The molecule has 0 radical (unpaired) electrons. The molecule has 1 saturated heterocycles. The van der Waals surface area contributed by atoms with Crippen LogP contribution in [0.4, 0.5) is 0 Å². The molecule has 1 aliphatic rings. The Balaban J connectivity index is 1.71. The summed E-state index contributed by atoms with van der Waals surface area (Å²) in [6, 6.07) is 16.7. The lowest BCUT2D eigenvalue weighted by atomic mass is 9.92. The molecule has 0 unspecified atom stereocenters. The molecular formula is C18H19NO5. The predicted octanol–water partition coefficient (Wildman–Crippen LogP) is 3.00. The van der Waals surface area contributed by atoms with Crippen molar-refractivity contribution in [1.82, 2.24) is 0 Å². The summed E-state index contributed by atoms with van der Waals surface area (Å²) in [6.45, 7) is 0.0111. The van der Waals surface area contributed by atoms with Crippen molar-refractivity contribution in [3.05, 3.63) is 75.8 Å². The molecule has 6 nitrogen and oxygen atoms in total. The Bertz CT molecular complexity index is 678. The molecule has 0 saturated carbocycles. The highest BCUT2D eigenvalue weighted by atomic mass is 16.7. The van der Waals surface area contributed by atoms with Crippen LogP contribution in [0.25, 0.3) is 0 Å². The summed E-state index contributed by atoms with van der Waals surface area (Å²) < 4.78 is 16.5. The fourth-order valence-electron chi connectivity index (χ4n) is 2.75. The Labute approximate surface area is 140 Å². The van der Waals surface area contributed by atoms with E-state index in [0.29, 0.717) is 0 Å². The van der Waals surface area contributed by atoms with Gasteiger partial charge in [-0.25, -0.2) is 0 Å². The van der Waals surface area contributed by atoms with Gasteiger partial charge in [0.1, 0.15) is 19.0 Å². The van der Waals surface area contributed by atoms with Crippen LogP contribution in [0.2, 0.25) is 0 Å². The molecule has 0 aromatic heterocycles. The number of rotatable bonds is 5. The van der Waals surface area contributed by atoms with Gasteiger partial charge in [0.25, 0.3) is 5.54 Å². The molecule has 0 amide bonds. The number of ether oxygens (including phenoxy) is 3. The summed E-state index contributed by atoms with van der Waals surface area (Å²) in [7, 11) is 1.59. The summed E-state index contributed by atoms with van der Waals surface area (Å²) in [6.07, 6.45) is -0.323. The van der Waals surface area contributed by atoms with Crippen LogP contribution in [0.1, 0.15) is 17.4 Å². The first-order valence-electron chi connectivity index (χ1n) is 7.68. The van der Waals surface area contributed by atoms with Crippen molar-refractivity contribution in [2.24, 2.45) is 0 Å². The molecule has 0 aliphatic carbocycles. The minimum atomic E-state index is -1.26. The van der Waals surface area contributed by atoms with Gasteiger partial charge >= 0.3 is 0 Å². The van der Waals surface area contributed by atoms with Crippen molar-refractivity contribution < 1.29 is 19.1 Å². The molecular weight excluding hydrogens is 310 g/mol. The Morgan fingerprint density at radius 1 is 1.12 bits per heavy atom. The van der Waals surface area contributed by atoms with Gasteiger partial charge in [-0.1, -0.05) is 42.5 Å². The largest absolute Gasteiger partial charge is 0.497 e. The van der Waals surface area contributed by atoms with Crippen molar-refractivity contribution in [2.75, 3.05) is 20.3 Å². The zero-order chi connectivity index (χ0) is 17.0. The van der Waals surface area contributed by atoms with Gasteiger partial charge < -0.3 is 14.2 Å². The van der Waals surface area contributed by atoms with Crippen LogP contribution >= 0.6 is 0 Å². The molecule has 0 bridgehead atoms. The van der Waals surface area contributed by atoms with Gasteiger partial charge in [-0.15, -0.1) is 0 Å². The minimum absolute atomic E-state index is 0.00555. The maximum atomic E-state index is 11.6. The average molecular weight is 329 g/mol. The van der Waals surface area contributed by atoms with Gasteiger partial charge in [-0.05, 0) is 17.7 Å². The topological polar surface area (TPSA) is 70.8 Å². The van der Waals surface area contributed by atoms with E-state index in [0.717, 1.165) is 16.9 Å². The van der Waals surface area contributed by atoms with E-state index in [2.05, 4.69) is 0 Å². The third-order valence-electron chi connectivity index (χ3n) is 4.16. The molecule has 1 fully saturated rings. The Hall–Kier alpha value is -2.44. The standard InChI is InChI=1S/C18H19NO5/c1-22-16-9-7-15(8-10-16)17-23-12-18(13-24-17,19(20)21)11-14-5-3-2-4-6-14/h2-10,17H,11-13H2,1H3. The first-order valence-corrected chi connectivity index (χ1v) is 7.68. The first kappa shape index (κ1) is 16.4. The number of hydrogen-bond donors (Lipinski definition) is 0. The lowest BCUT2D eigenvalue weighted by Gasteiger charge is -2.33. The summed E-state index contributed by atoms with van der Waals surface area (Å²) in [4.78, 5) is 11.3. The van der Waals surface area contributed by atoms with Crippen molar-refractivity contribution in [3.63, 3.8) is 0 Å². The number of methoxy groups -OCH3 is 1. The molecule has 1 heterocycles. The van der Waals surface area contributed by atoms with Crippen LogP contribution in [0.5, 0.6) is 5.75 Å². The van der Waals surface area contributed by atoms with Crippen LogP contribution in [-0.2, 0) is 15.9 Å². The molecule has 6 heteroatoms. The van der Waals surface area contributed by atoms with Crippen molar-refractivity contribution in [3.8, 4) is 5.75 Å². The van der Waals surface area contributed by atoms with E-state index in [1.807, 2.05) is 42.5 Å². The third kappa shape index (κ3) is 3.39. The van der Waals surface area contributed by atoms with Gasteiger partial charge in [0, 0.05) is 16.9 Å². The Morgan fingerprint density at radius 2 is 1.75 bits per heavy atom. The number of benzene rings is 2. The van der Waals surface area contributed by atoms with E-state index in [9.17, 15) is 10.1 Å². The van der Waals surface area contributed by atoms with E-state index < -0.39 is 11.8 Å². The molecule has 3 rings (SSSR count). The fourth-order valence-corrected chi connectivity index (χ4v) is 2.75. The maximum absolute atomic E-state index is 11.6. The summed E-state index contributed by atoms with van der Waals surface area (Å²) in [5.41, 5.74) is 0.446. The second kappa shape index (κ2) is 6.98. The van der Waals surface area contributed by atoms with Crippen LogP contribution in [0.15, 0.2) is 54.6 Å². The second-order valence-electron chi connectivity index (χ2n) is 5.87. The number of nitrogens with zero attached hydrogens (tertiary/aromatic N) is 1. The number of hydrogen-bond acceptors (Lipinski definition) is 5. The molecule has 0 atom stereocenters. The highest BCUT2D eigenvalue weighted by Gasteiger charge is 2.48. The first-order chi connectivity index (χ1) is 11.6. The van der Waals surface area contributed by atoms with Crippen LogP contribution in [0.3, 0.4) is 0 Å². The normalized spacial score (nSPS) is 23.6. The lowest BCUT2D eigenvalue weighted by Crippen LogP contribution is -2.52. The van der Waals surface area contributed by atoms with Crippen molar-refractivity contribution >= 4 is 0 Å². The highest BCUT2D eigenvalue weighted by Crippen LogP contribution is 2.31. The van der Waals surface area contributed by atoms with Gasteiger partial charge in [0.05, 0.1) is 7.11 Å². The molecule has 24 heavy (non-hydrogen) atoms. The zero-order valence-corrected chi connectivity index (χ0v) is 13.4. The molecule has 1 aliphatic heterocycles. The minimum Gasteiger partial charge on any atom is -0.497 e. The van der Waals surface area contributed by atoms with Crippen LogP contribution in [0, 0.1) is 10.1 Å². The van der Waals surface area contributed by atoms with Gasteiger partial charge in [-0.3, -0.25) is 10.1 Å². The molecule has 126 valence electrons. The quantitative estimate of drug-likeness (QED) is 0.623. The lowest BCUT2D eigenvalue weighted by molar-refractivity contribution is -0.591. The SMILES string of the molecule is COc1ccc(C2OCC(Cc3ccccc3)([N+](=O)[O-])CO2)cc1. The molecule has 0 N–H and O–H groups in total. The predicted molar refractivity (Wildman–Crippen MR) is 87.5 cm³/mol. The second-order valence-corrected chi connectivity index (χ2v) is 5.87. The molecule has 2 aromatic carbocycles. The van der Waals surface area contributed by atoms with E-state index in [-0.39, 0.29) is 24.6 Å². The van der Waals surface area contributed by atoms with E-state index >= 15 is 0 Å². The van der Waals surface area contributed by atoms with E-state index in [1.165, 1.54) is 0 Å². The van der Waals surface area contributed by atoms with E-state index in [1.54, 1.807) is 19.2 Å². The van der Waals surface area contributed by atoms with Gasteiger partial charge in [0.15, 0.2) is 6.29 Å². The molecule has 2 aromatic rings. The monoisotopic (exact) mass is 329 g/mol. The van der Waals surface area contributed by atoms with Gasteiger partial charge in [0.2, 0.25) is 0 Å². The smallest absolute Gasteiger partial charge is 0.272 e. The highest BCUT2D eigenvalue weighted by molar-refractivity contribution is 5.28. The summed E-state index contributed by atoms with van der Waals surface area (Å²) >= 11 is 0. The van der Waals surface area contributed by atoms with Crippen molar-refractivity contribution in [2.45, 2.75) is 18.2 Å². The van der Waals surface area contributed by atoms with Crippen molar-refractivity contribution in [1.29, 1.82) is 0 Å². The zero-order valence-electron chi connectivity index (χ0n) is 13.4. The number of nitro groups is 1. The van der Waals surface area contributed by atoms with Gasteiger partial charge in [-0.2, -0.15) is 0 Å². The summed E-state index contributed by atoms with van der Waals surface area (Å²) in [5, 5.41) is 11.6. The fraction of sp³-hybridized carbons (Fsp3) is 0.333. The Kier molecular flexibility index (Phi) is 4.78.